The zero-order chi connectivity index (χ0) is 25.1. The minimum atomic E-state index is -1.25. The van der Waals surface area contributed by atoms with E-state index in [4.69, 9.17) is 14.2 Å². The van der Waals surface area contributed by atoms with Gasteiger partial charge >= 0.3 is 0 Å². The molecule has 1 aliphatic heterocycles. The van der Waals surface area contributed by atoms with Gasteiger partial charge in [-0.2, -0.15) is 0 Å². The van der Waals surface area contributed by atoms with Crippen molar-refractivity contribution in [3.05, 3.63) is 71.8 Å². The fourth-order valence-corrected chi connectivity index (χ4v) is 10.2. The topological polar surface area (TPSA) is 27.7 Å². The van der Waals surface area contributed by atoms with Crippen molar-refractivity contribution in [2.75, 3.05) is 32.7 Å². The van der Waals surface area contributed by atoms with E-state index in [9.17, 15) is 0 Å². The van der Waals surface area contributed by atoms with Crippen LogP contribution in [0.25, 0.3) is 11.5 Å². The van der Waals surface area contributed by atoms with Crippen LogP contribution >= 0.6 is 7.26 Å². The average Bonchev–Trinajstić information content (AvgIpc) is 2.92. The van der Waals surface area contributed by atoms with Crippen LogP contribution in [0.15, 0.2) is 60.7 Å². The molecule has 4 heteroatoms. The lowest BCUT2D eigenvalue weighted by molar-refractivity contribution is 0.414. The third-order valence-electron chi connectivity index (χ3n) is 7.12. The fourth-order valence-electron chi connectivity index (χ4n) is 4.88. The van der Waals surface area contributed by atoms with Crippen LogP contribution in [0.1, 0.15) is 70.4 Å². The Labute approximate surface area is 213 Å². The molecule has 3 nitrogen and oxygen atoms in total. The highest BCUT2D eigenvalue weighted by atomic mass is 31.2. The van der Waals surface area contributed by atoms with Crippen molar-refractivity contribution in [1.82, 2.24) is 0 Å². The Morgan fingerprint density at radius 3 is 1.31 bits per heavy atom. The molecule has 2 aromatic carbocycles. The number of hydrogen-bond acceptors (Lipinski definition) is 3. The Morgan fingerprint density at radius 1 is 0.629 bits per heavy atom. The summed E-state index contributed by atoms with van der Waals surface area (Å²) in [6.07, 6.45) is 16.7. The second kappa shape index (κ2) is 13.7. The molecule has 0 saturated heterocycles. The summed E-state index contributed by atoms with van der Waals surface area (Å²) in [7, 11) is 2.17. The van der Waals surface area contributed by atoms with Gasteiger partial charge < -0.3 is 14.2 Å². The van der Waals surface area contributed by atoms with E-state index < -0.39 is 7.26 Å². The van der Waals surface area contributed by atoms with Crippen LogP contribution in [-0.2, 0) is 4.74 Å². The summed E-state index contributed by atoms with van der Waals surface area (Å²) in [5.74, 6) is 3.67. The Hall–Kier alpha value is -2.25. The van der Waals surface area contributed by atoms with Gasteiger partial charge in [-0.3, -0.25) is 0 Å². The second-order valence-corrected chi connectivity index (χ2v) is 13.9. The Morgan fingerprint density at radius 2 is 1.00 bits per heavy atom. The number of benzene rings is 2. The maximum absolute atomic E-state index is 6.60. The first-order valence-corrected chi connectivity index (χ1v) is 15.8. The molecule has 190 valence electrons. The molecule has 0 aliphatic carbocycles. The molecule has 1 aliphatic rings. The third kappa shape index (κ3) is 7.14. The molecular formula is C31H44O3P+. The van der Waals surface area contributed by atoms with Gasteiger partial charge in [0.25, 0.3) is 0 Å². The van der Waals surface area contributed by atoms with Crippen molar-refractivity contribution >= 4 is 18.8 Å². The van der Waals surface area contributed by atoms with E-state index in [0.717, 1.165) is 34.1 Å². The van der Waals surface area contributed by atoms with E-state index in [-0.39, 0.29) is 0 Å². The molecule has 3 rings (SSSR count). The number of ether oxygens (including phenoxy) is 3. The van der Waals surface area contributed by atoms with Gasteiger partial charge in [0.1, 0.15) is 28.7 Å². The zero-order valence-electron chi connectivity index (χ0n) is 22.4. The summed E-state index contributed by atoms with van der Waals surface area (Å²) in [5, 5.41) is 0. The van der Waals surface area contributed by atoms with Crippen molar-refractivity contribution in [3.8, 4) is 11.5 Å². The molecule has 0 spiro atoms. The van der Waals surface area contributed by atoms with E-state index in [1.807, 2.05) is 24.3 Å². The molecule has 0 saturated carbocycles. The molecule has 2 aromatic rings. The number of unbranched alkanes of at least 4 members (excludes halogenated alkanes) is 3. The second-order valence-electron chi connectivity index (χ2n) is 9.56. The van der Waals surface area contributed by atoms with Crippen molar-refractivity contribution in [3.63, 3.8) is 0 Å². The van der Waals surface area contributed by atoms with Gasteiger partial charge in [0.15, 0.2) is 0 Å². The SMILES string of the molecule is CCCC[P+](CCCC)(CCCC)C1C=C(c2ccc(OC)cc2)OC(c2ccc(OC)cc2)=C1. The predicted molar refractivity (Wildman–Crippen MR) is 153 cm³/mol. The molecule has 0 N–H and O–H groups in total. The van der Waals surface area contributed by atoms with Crippen molar-refractivity contribution in [1.29, 1.82) is 0 Å². The first-order valence-electron chi connectivity index (χ1n) is 13.3. The molecule has 0 bridgehead atoms. The van der Waals surface area contributed by atoms with Gasteiger partial charge in [-0.15, -0.1) is 0 Å². The average molecular weight is 496 g/mol. The maximum Gasteiger partial charge on any atom is 0.134 e. The lowest BCUT2D eigenvalue weighted by atomic mass is 10.1. The minimum absolute atomic E-state index is 0.440. The van der Waals surface area contributed by atoms with Gasteiger partial charge in [-0.05, 0) is 67.8 Å². The van der Waals surface area contributed by atoms with Crippen LogP contribution in [0.4, 0.5) is 0 Å². The van der Waals surface area contributed by atoms with E-state index >= 15 is 0 Å². The van der Waals surface area contributed by atoms with Gasteiger partial charge in [-0.1, -0.05) is 40.0 Å². The fraction of sp³-hybridized carbons (Fsp3) is 0.484. The smallest absolute Gasteiger partial charge is 0.134 e. The van der Waals surface area contributed by atoms with Crippen LogP contribution < -0.4 is 9.47 Å². The molecule has 0 radical (unpaired) electrons. The Bertz CT molecular complexity index is 874. The predicted octanol–water partition coefficient (Wildman–Crippen LogP) is 8.90. The van der Waals surface area contributed by atoms with E-state index in [1.165, 1.54) is 57.0 Å². The Kier molecular flexibility index (Phi) is 10.7. The third-order valence-corrected chi connectivity index (χ3v) is 12.3. The lowest BCUT2D eigenvalue weighted by Crippen LogP contribution is -2.22. The standard InChI is InChI=1S/C31H44O3P/c1-6-9-20-35(21-10-7-2,22-11-8-3)29-23-30(25-12-16-27(32-4)17-13-25)34-31(24-29)26-14-18-28(33-5)19-15-26/h12-19,23-24,29H,6-11,20-22H2,1-5H3/q+1. The van der Waals surface area contributed by atoms with Gasteiger partial charge in [0.2, 0.25) is 0 Å². The summed E-state index contributed by atoms with van der Waals surface area (Å²) in [6, 6.07) is 16.5. The van der Waals surface area contributed by atoms with Crippen LogP contribution in [0.5, 0.6) is 11.5 Å². The largest absolute Gasteiger partial charge is 0.497 e. The number of hydrogen-bond donors (Lipinski definition) is 0. The molecule has 0 fully saturated rings. The van der Waals surface area contributed by atoms with Crippen LogP contribution in [0.2, 0.25) is 0 Å². The van der Waals surface area contributed by atoms with Crippen molar-refractivity contribution < 1.29 is 14.2 Å². The summed E-state index contributed by atoms with van der Waals surface area (Å²) in [5.41, 5.74) is 2.65. The highest BCUT2D eigenvalue weighted by Crippen LogP contribution is 2.67. The first-order chi connectivity index (χ1) is 17.1. The first kappa shape index (κ1) is 27.3. The molecule has 1 heterocycles. The van der Waals surface area contributed by atoms with Gasteiger partial charge in [0.05, 0.1) is 32.7 Å². The number of rotatable bonds is 14. The summed E-state index contributed by atoms with van der Waals surface area (Å²) in [6.45, 7) is 6.99. The van der Waals surface area contributed by atoms with Crippen LogP contribution in [-0.4, -0.2) is 38.4 Å². The number of methoxy groups -OCH3 is 2. The van der Waals surface area contributed by atoms with Gasteiger partial charge in [0, 0.05) is 30.5 Å². The van der Waals surface area contributed by atoms with Gasteiger partial charge in [-0.25, -0.2) is 0 Å². The normalized spacial score (nSPS) is 14.2. The van der Waals surface area contributed by atoms with Crippen LogP contribution in [0, 0.1) is 0 Å². The summed E-state index contributed by atoms with van der Waals surface area (Å²) >= 11 is 0. The lowest BCUT2D eigenvalue weighted by Gasteiger charge is -2.35. The molecule has 0 amide bonds. The monoisotopic (exact) mass is 495 g/mol. The molecule has 0 atom stereocenters. The van der Waals surface area contributed by atoms with Crippen LogP contribution in [0.3, 0.4) is 0 Å². The maximum atomic E-state index is 6.60. The molecule has 0 unspecified atom stereocenters. The zero-order valence-corrected chi connectivity index (χ0v) is 23.3. The summed E-state index contributed by atoms with van der Waals surface area (Å²) < 4.78 is 17.4. The van der Waals surface area contributed by atoms with E-state index in [2.05, 4.69) is 57.2 Å². The van der Waals surface area contributed by atoms with Crippen molar-refractivity contribution in [2.24, 2.45) is 0 Å². The highest BCUT2D eigenvalue weighted by Gasteiger charge is 2.44. The summed E-state index contributed by atoms with van der Waals surface area (Å²) in [4.78, 5) is 0. The number of allylic oxidation sites excluding steroid dienone is 2. The van der Waals surface area contributed by atoms with Crippen molar-refractivity contribution in [2.45, 2.75) is 65.0 Å². The highest BCUT2D eigenvalue weighted by molar-refractivity contribution is 7.76. The Balaban J connectivity index is 2.09. The van der Waals surface area contributed by atoms with E-state index in [1.54, 1.807) is 14.2 Å². The quantitative estimate of drug-likeness (QED) is 0.245. The molecular weight excluding hydrogens is 451 g/mol. The minimum Gasteiger partial charge on any atom is -0.497 e. The molecule has 0 aromatic heterocycles. The molecule has 35 heavy (non-hydrogen) atoms. The van der Waals surface area contributed by atoms with E-state index in [0.29, 0.717) is 5.66 Å².